The largest absolute Gasteiger partial charge is 0.462 e. The summed E-state index contributed by atoms with van der Waals surface area (Å²) in [5, 5.41) is 45.2. The van der Waals surface area contributed by atoms with Crippen LogP contribution in [-0.2, 0) is 42.7 Å². The van der Waals surface area contributed by atoms with Gasteiger partial charge in [-0.05, 0) is 92.7 Å². The lowest BCUT2D eigenvalue weighted by Gasteiger charge is -2.46. The summed E-state index contributed by atoms with van der Waals surface area (Å²) >= 11 is 0. The van der Waals surface area contributed by atoms with Crippen molar-refractivity contribution in [2.75, 3.05) is 55.1 Å². The molecule has 3 rings (SSSR count). The quantitative estimate of drug-likeness (QED) is 0.113. The Kier molecular flexibility index (Phi) is 23.7. The van der Waals surface area contributed by atoms with E-state index in [1.165, 1.54) is 33.5 Å². The molecule has 62 heavy (non-hydrogen) atoms. The van der Waals surface area contributed by atoms with E-state index in [9.17, 15) is 30.0 Å². The summed E-state index contributed by atoms with van der Waals surface area (Å²) in [7, 11) is 8.62. The van der Waals surface area contributed by atoms with Gasteiger partial charge in [0.1, 0.15) is 30.5 Å². The number of aliphatic hydroxyl groups is 4. The number of esters is 1. The zero-order chi connectivity index (χ0) is 46.3. The zero-order valence-electron chi connectivity index (χ0n) is 39.9. The number of aliphatic hydroxyl groups excluding tert-OH is 4. The average Bonchev–Trinajstić information content (AvgIpc) is 3.22. The van der Waals surface area contributed by atoms with E-state index < -0.39 is 103 Å². The molecule has 0 bridgehead atoms. The van der Waals surface area contributed by atoms with E-state index in [2.05, 4.69) is 18.9 Å². The van der Waals surface area contributed by atoms with E-state index in [1.807, 2.05) is 33.8 Å². The van der Waals surface area contributed by atoms with Gasteiger partial charge in [-0.25, -0.2) is 0 Å². The van der Waals surface area contributed by atoms with Crippen LogP contribution in [-0.4, -0.2) is 177 Å². The number of likely N-dealkylation sites (N-methyl/N-ethyl adjacent to an activating group) is 1. The Balaban J connectivity index is 2.00. The van der Waals surface area contributed by atoms with E-state index in [1.54, 1.807) is 45.0 Å². The second-order valence-electron chi connectivity index (χ2n) is 18.5. The predicted octanol–water partition coefficient (Wildman–Crippen LogP) is 4.27. The van der Waals surface area contributed by atoms with Gasteiger partial charge in [0.15, 0.2) is 18.4 Å². The van der Waals surface area contributed by atoms with Crippen LogP contribution in [0.2, 0.25) is 0 Å². The van der Waals surface area contributed by atoms with Crippen molar-refractivity contribution in [1.82, 2.24) is 9.80 Å². The van der Waals surface area contributed by atoms with Crippen molar-refractivity contribution < 1.29 is 63.2 Å². The molecule has 0 unspecified atom stereocenters. The second-order valence-corrected chi connectivity index (χ2v) is 18.5. The lowest BCUT2D eigenvalue weighted by Crippen LogP contribution is -2.63. The van der Waals surface area contributed by atoms with E-state index in [0.717, 1.165) is 25.0 Å². The van der Waals surface area contributed by atoms with Crippen molar-refractivity contribution >= 4 is 11.8 Å². The molecule has 2 saturated heterocycles. The third-order valence-electron chi connectivity index (χ3n) is 13.2. The van der Waals surface area contributed by atoms with Crippen molar-refractivity contribution in [1.29, 1.82) is 0 Å². The van der Waals surface area contributed by atoms with Crippen molar-refractivity contribution in [3.05, 3.63) is 23.8 Å². The van der Waals surface area contributed by atoms with E-state index in [0.29, 0.717) is 25.8 Å². The van der Waals surface area contributed by atoms with Gasteiger partial charge in [-0.2, -0.15) is 0 Å². The number of hydrogen-bond acceptors (Lipinski definition) is 15. The monoisotopic (exact) mass is 885 g/mol. The Labute approximate surface area is 372 Å². The highest BCUT2D eigenvalue weighted by atomic mass is 16.7. The van der Waals surface area contributed by atoms with Gasteiger partial charge in [0.05, 0.1) is 49.6 Å². The number of ketones is 1. The molecule has 0 radical (unpaired) electrons. The molecule has 3 aliphatic heterocycles. The number of cyclic esters (lactones) is 1. The molecular formula is C47H84N2O13. The number of carbonyl (C=O) groups is 2. The molecule has 3 heterocycles. The standard InChI is InChI=1S/C47H84N2O13/c1-13-15-16-17-18-22-49(10)23-21-33-25-29(4)35(50)20-19-28(3)24-34(27-58-47-45(57-12)44(56-11)41(54)32(7)60-47)37(14-2)61-38(52)26-36(51)30(5)43(33)62-46-42(55)39(48(8)9)40(53)31(6)59-46/h19-20,24,29-34,36-37,39-47,51,53-55H,13-18,21-23,25-27H2,1-12H3/b20-19+,28-24+/t29-,30+,31-,32-,33+,34-,36-,37-,39+,40-,41-,42-,43-,44+,45-,46+,47-/m1/s1. The summed E-state index contributed by atoms with van der Waals surface area (Å²) < 4.78 is 42.6. The second kappa shape index (κ2) is 26.9. The fourth-order valence-corrected chi connectivity index (χ4v) is 9.17. The van der Waals surface area contributed by atoms with Gasteiger partial charge in [-0.1, -0.05) is 71.1 Å². The van der Waals surface area contributed by atoms with Crippen molar-refractivity contribution in [2.45, 2.75) is 186 Å². The highest BCUT2D eigenvalue weighted by Crippen LogP contribution is 2.35. The maximum atomic E-state index is 13.9. The van der Waals surface area contributed by atoms with Crippen LogP contribution in [0.5, 0.6) is 0 Å². The van der Waals surface area contributed by atoms with Gasteiger partial charge < -0.3 is 63.4 Å². The summed E-state index contributed by atoms with van der Waals surface area (Å²) in [4.78, 5) is 31.8. The van der Waals surface area contributed by atoms with E-state index in [4.69, 9.17) is 33.2 Å². The van der Waals surface area contributed by atoms with Gasteiger partial charge >= 0.3 is 5.97 Å². The molecular weight excluding hydrogens is 801 g/mol. The number of ether oxygens (including phenoxy) is 7. The molecule has 3 aliphatic rings. The molecule has 0 amide bonds. The summed E-state index contributed by atoms with van der Waals surface area (Å²) in [5.41, 5.74) is 0.759. The molecule has 15 heteroatoms. The molecule has 0 aliphatic carbocycles. The van der Waals surface area contributed by atoms with Crippen LogP contribution >= 0.6 is 0 Å². The Morgan fingerprint density at radius 3 is 2.06 bits per heavy atom. The first-order valence-corrected chi connectivity index (χ1v) is 23.2. The minimum atomic E-state index is -1.23. The number of methoxy groups -OCH3 is 2. The minimum absolute atomic E-state index is 0.0413. The highest BCUT2D eigenvalue weighted by molar-refractivity contribution is 5.91. The summed E-state index contributed by atoms with van der Waals surface area (Å²) in [5.74, 6) is -2.58. The molecule has 15 nitrogen and oxygen atoms in total. The maximum absolute atomic E-state index is 13.9. The fourth-order valence-electron chi connectivity index (χ4n) is 9.17. The number of rotatable bonds is 18. The Morgan fingerprint density at radius 2 is 1.44 bits per heavy atom. The molecule has 0 aromatic carbocycles. The van der Waals surface area contributed by atoms with Gasteiger partial charge in [-0.3, -0.25) is 9.59 Å². The first kappa shape index (κ1) is 54.5. The highest BCUT2D eigenvalue weighted by Gasteiger charge is 2.48. The number of hydrogen-bond donors (Lipinski definition) is 4. The van der Waals surface area contributed by atoms with Crippen molar-refractivity contribution in [2.24, 2.45) is 23.7 Å². The fraction of sp³-hybridized carbons (Fsp3) is 0.872. The molecule has 2 fully saturated rings. The molecule has 4 N–H and O–H groups in total. The van der Waals surface area contributed by atoms with Gasteiger partial charge in [-0.15, -0.1) is 0 Å². The zero-order valence-corrected chi connectivity index (χ0v) is 39.9. The number of unbranched alkanes of at least 4 members (excludes halogenated alkanes) is 4. The predicted molar refractivity (Wildman–Crippen MR) is 236 cm³/mol. The molecule has 0 aromatic rings. The number of allylic oxidation sites excluding steroid dienone is 3. The van der Waals surface area contributed by atoms with Crippen LogP contribution in [0.15, 0.2) is 23.8 Å². The Morgan fingerprint density at radius 1 is 0.790 bits per heavy atom. The van der Waals surface area contributed by atoms with Gasteiger partial charge in [0, 0.05) is 32.0 Å². The average molecular weight is 885 g/mol. The maximum Gasteiger partial charge on any atom is 0.308 e. The van der Waals surface area contributed by atoms with E-state index in [-0.39, 0.29) is 24.7 Å². The molecule has 17 atom stereocenters. The normalized spacial score (nSPS) is 39.7. The SMILES string of the molecule is CCCCCCCN(C)CC[C@H]1C[C@@H](C)C(=O)/C=C/C(C)=C/[C@H](CO[C@@H]2O[C@H](C)[C@@H](O)[C@H](OC)[C@H]2OC)[C@@H](CC)OC(=O)C[C@@H](O)[C@H](C)[C@H]1O[C@@H]1O[C@H](C)[C@@H](O)[C@H](N(C)C)[C@H]1O. The Hall–Kier alpha value is -1.86. The lowest BCUT2D eigenvalue weighted by atomic mass is 9.79. The number of carbonyl (C=O) groups excluding carboxylic acids is 2. The van der Waals surface area contributed by atoms with Crippen LogP contribution in [0.4, 0.5) is 0 Å². The van der Waals surface area contributed by atoms with Crippen LogP contribution in [0.1, 0.15) is 106 Å². The van der Waals surface area contributed by atoms with Crippen LogP contribution < -0.4 is 0 Å². The van der Waals surface area contributed by atoms with Crippen LogP contribution in [0.25, 0.3) is 0 Å². The molecule has 0 aromatic heterocycles. The molecule has 360 valence electrons. The summed E-state index contributed by atoms with van der Waals surface area (Å²) in [6.45, 7) is 14.8. The third-order valence-corrected chi connectivity index (χ3v) is 13.2. The summed E-state index contributed by atoms with van der Waals surface area (Å²) in [6.07, 6.45) is 1.62. The minimum Gasteiger partial charge on any atom is -0.462 e. The van der Waals surface area contributed by atoms with Crippen LogP contribution in [0.3, 0.4) is 0 Å². The Bertz CT molecular complexity index is 1380. The number of nitrogens with zero attached hydrogens (tertiary/aromatic N) is 2. The topological polar surface area (TPSA) is 186 Å². The lowest BCUT2D eigenvalue weighted by molar-refractivity contribution is -0.304. The molecule has 0 spiro atoms. The first-order chi connectivity index (χ1) is 29.4. The van der Waals surface area contributed by atoms with E-state index >= 15 is 0 Å². The van der Waals surface area contributed by atoms with Gasteiger partial charge in [0.25, 0.3) is 0 Å². The van der Waals surface area contributed by atoms with Crippen molar-refractivity contribution in [3.63, 3.8) is 0 Å². The first-order valence-electron chi connectivity index (χ1n) is 23.2. The molecule has 0 saturated carbocycles. The van der Waals surface area contributed by atoms with Gasteiger partial charge in [0.2, 0.25) is 0 Å². The third kappa shape index (κ3) is 15.6. The smallest absolute Gasteiger partial charge is 0.308 e. The van der Waals surface area contributed by atoms with Crippen molar-refractivity contribution in [3.8, 4) is 0 Å². The van der Waals surface area contributed by atoms with Crippen LogP contribution in [0, 0.1) is 23.7 Å². The summed E-state index contributed by atoms with van der Waals surface area (Å²) in [6, 6.07) is -0.686.